The Labute approximate surface area is 162 Å². The third-order valence-corrected chi connectivity index (χ3v) is 5.12. The molecule has 1 N–H and O–H groups in total. The molecular formula is C19H14IN3O3. The fourth-order valence-corrected chi connectivity index (χ4v) is 3.99. The highest BCUT2D eigenvalue weighted by atomic mass is 127. The van der Waals surface area contributed by atoms with E-state index in [1.165, 1.54) is 6.92 Å². The molecular weight excluding hydrogens is 445 g/mol. The van der Waals surface area contributed by atoms with Gasteiger partial charge in [-0.05, 0) is 34.7 Å². The SMILES string of the molecule is CC(=O)O/N=C1/C(c2c(O)n(C)c3c(I)cccc23)=Nc2ccccc21. The number of hydrogen-bond donors (Lipinski definition) is 1. The van der Waals surface area contributed by atoms with E-state index in [1.54, 1.807) is 11.6 Å². The van der Waals surface area contributed by atoms with E-state index in [0.29, 0.717) is 17.0 Å². The van der Waals surface area contributed by atoms with E-state index in [-0.39, 0.29) is 5.88 Å². The van der Waals surface area contributed by atoms with Crippen molar-refractivity contribution >= 4 is 56.6 Å². The third-order valence-electron chi connectivity index (χ3n) is 4.25. The van der Waals surface area contributed by atoms with Crippen LogP contribution in [0.4, 0.5) is 5.69 Å². The molecule has 0 aliphatic carbocycles. The smallest absolute Gasteiger partial charge is 0.332 e. The largest absolute Gasteiger partial charge is 0.494 e. The molecule has 0 radical (unpaired) electrons. The summed E-state index contributed by atoms with van der Waals surface area (Å²) in [5.41, 5.74) is 3.87. The van der Waals surface area contributed by atoms with Crippen molar-refractivity contribution < 1.29 is 14.7 Å². The number of fused-ring (bicyclic) bond motifs is 2. The summed E-state index contributed by atoms with van der Waals surface area (Å²) in [7, 11) is 1.80. The summed E-state index contributed by atoms with van der Waals surface area (Å²) in [6, 6.07) is 13.3. The van der Waals surface area contributed by atoms with E-state index in [2.05, 4.69) is 32.7 Å². The molecule has 1 aliphatic heterocycles. The topological polar surface area (TPSA) is 76.2 Å². The van der Waals surface area contributed by atoms with Gasteiger partial charge in [0.1, 0.15) is 11.4 Å². The van der Waals surface area contributed by atoms with Gasteiger partial charge in [0.2, 0.25) is 5.88 Å². The van der Waals surface area contributed by atoms with Crippen molar-refractivity contribution in [2.45, 2.75) is 6.92 Å². The molecule has 0 unspecified atom stereocenters. The maximum absolute atomic E-state index is 11.3. The van der Waals surface area contributed by atoms with Gasteiger partial charge in [-0.25, -0.2) is 9.79 Å². The molecule has 0 amide bonds. The lowest BCUT2D eigenvalue weighted by molar-refractivity contribution is -0.140. The first-order valence-corrected chi connectivity index (χ1v) is 8.97. The van der Waals surface area contributed by atoms with Crippen molar-refractivity contribution in [3.8, 4) is 5.88 Å². The average Bonchev–Trinajstić information content (AvgIpc) is 3.09. The molecule has 26 heavy (non-hydrogen) atoms. The number of para-hydroxylation sites is 2. The minimum Gasteiger partial charge on any atom is -0.494 e. The lowest BCUT2D eigenvalue weighted by Crippen LogP contribution is -2.14. The summed E-state index contributed by atoms with van der Waals surface area (Å²) in [4.78, 5) is 20.8. The first-order valence-electron chi connectivity index (χ1n) is 7.89. The molecule has 0 atom stereocenters. The Morgan fingerprint density at radius 2 is 2.00 bits per heavy atom. The highest BCUT2D eigenvalue weighted by molar-refractivity contribution is 14.1. The van der Waals surface area contributed by atoms with Crippen molar-refractivity contribution in [2.75, 3.05) is 0 Å². The van der Waals surface area contributed by atoms with Gasteiger partial charge in [0.05, 0.1) is 16.8 Å². The summed E-state index contributed by atoms with van der Waals surface area (Å²) in [5.74, 6) is -0.427. The van der Waals surface area contributed by atoms with Gasteiger partial charge in [0.25, 0.3) is 0 Å². The summed E-state index contributed by atoms with van der Waals surface area (Å²) < 4.78 is 2.74. The average molecular weight is 459 g/mol. The van der Waals surface area contributed by atoms with Crippen LogP contribution in [-0.4, -0.2) is 27.1 Å². The predicted molar refractivity (Wildman–Crippen MR) is 108 cm³/mol. The van der Waals surface area contributed by atoms with Gasteiger partial charge in [-0.15, -0.1) is 0 Å². The second-order valence-corrected chi connectivity index (χ2v) is 7.06. The van der Waals surface area contributed by atoms with E-state index in [1.807, 2.05) is 42.5 Å². The zero-order chi connectivity index (χ0) is 18.4. The van der Waals surface area contributed by atoms with E-state index in [0.717, 1.165) is 25.7 Å². The molecule has 1 aliphatic rings. The minimum atomic E-state index is -0.516. The summed E-state index contributed by atoms with van der Waals surface area (Å²) in [6.07, 6.45) is 0. The normalized spacial score (nSPS) is 14.6. The minimum absolute atomic E-state index is 0.0891. The molecule has 0 spiro atoms. The van der Waals surface area contributed by atoms with Crippen LogP contribution in [-0.2, 0) is 16.7 Å². The van der Waals surface area contributed by atoms with Crippen molar-refractivity contribution in [3.63, 3.8) is 0 Å². The molecule has 0 fully saturated rings. The van der Waals surface area contributed by atoms with Crippen molar-refractivity contribution in [3.05, 3.63) is 57.2 Å². The third kappa shape index (κ3) is 2.50. The Morgan fingerprint density at radius 1 is 1.23 bits per heavy atom. The molecule has 2 heterocycles. The standard InChI is InChI=1S/C19H14IN3O3/c1-10(24)26-22-16-11-6-3-4-9-14(11)21-17(16)15-12-7-5-8-13(20)18(12)23(2)19(15)25/h3-9,25H,1-2H3/b22-16+. The first-order chi connectivity index (χ1) is 12.5. The summed E-state index contributed by atoms with van der Waals surface area (Å²) in [6.45, 7) is 1.29. The van der Waals surface area contributed by atoms with Gasteiger partial charge in [0, 0.05) is 28.5 Å². The van der Waals surface area contributed by atoms with Crippen molar-refractivity contribution in [1.82, 2.24) is 4.57 Å². The van der Waals surface area contributed by atoms with Crippen molar-refractivity contribution in [1.29, 1.82) is 0 Å². The number of aromatic hydroxyl groups is 1. The maximum Gasteiger partial charge on any atom is 0.332 e. The monoisotopic (exact) mass is 459 g/mol. The number of carbonyl (C=O) groups is 1. The number of oxime groups is 1. The summed E-state index contributed by atoms with van der Waals surface area (Å²) >= 11 is 2.24. The van der Waals surface area contributed by atoms with Crippen LogP contribution < -0.4 is 0 Å². The van der Waals surface area contributed by atoms with Crippen LogP contribution >= 0.6 is 22.6 Å². The molecule has 130 valence electrons. The van der Waals surface area contributed by atoms with E-state index >= 15 is 0 Å². The summed E-state index contributed by atoms with van der Waals surface area (Å²) in [5, 5.41) is 15.7. The Morgan fingerprint density at radius 3 is 2.77 bits per heavy atom. The maximum atomic E-state index is 11.3. The van der Waals surface area contributed by atoms with Gasteiger partial charge in [-0.1, -0.05) is 35.5 Å². The quantitative estimate of drug-likeness (QED) is 0.359. The van der Waals surface area contributed by atoms with Gasteiger partial charge in [-0.3, -0.25) is 0 Å². The molecule has 7 heteroatoms. The van der Waals surface area contributed by atoms with E-state index < -0.39 is 5.97 Å². The molecule has 0 saturated heterocycles. The van der Waals surface area contributed by atoms with E-state index in [4.69, 9.17) is 4.84 Å². The Bertz CT molecular complexity index is 1130. The number of carbonyl (C=O) groups excluding carboxylic acids is 1. The molecule has 2 aromatic carbocycles. The number of hydrogen-bond acceptors (Lipinski definition) is 5. The van der Waals surface area contributed by atoms with Crippen LogP contribution in [0.15, 0.2) is 52.6 Å². The molecule has 0 bridgehead atoms. The van der Waals surface area contributed by atoms with Crippen LogP contribution in [0.3, 0.4) is 0 Å². The second kappa shape index (κ2) is 6.24. The van der Waals surface area contributed by atoms with Crippen LogP contribution in [0.25, 0.3) is 10.9 Å². The second-order valence-electron chi connectivity index (χ2n) is 5.89. The molecule has 6 nitrogen and oxygen atoms in total. The van der Waals surface area contributed by atoms with Crippen LogP contribution in [0.1, 0.15) is 18.1 Å². The number of aryl methyl sites for hydroxylation is 1. The highest BCUT2D eigenvalue weighted by Crippen LogP contribution is 2.38. The molecule has 3 aromatic rings. The van der Waals surface area contributed by atoms with E-state index in [9.17, 15) is 9.90 Å². The lowest BCUT2D eigenvalue weighted by atomic mass is 10.0. The number of rotatable bonds is 2. The van der Waals surface area contributed by atoms with Crippen LogP contribution in [0.5, 0.6) is 5.88 Å². The number of aromatic nitrogens is 1. The predicted octanol–water partition coefficient (Wildman–Crippen LogP) is 3.89. The number of aliphatic imine (C=N–C) groups is 1. The lowest BCUT2D eigenvalue weighted by Gasteiger charge is -2.04. The molecule has 0 saturated carbocycles. The van der Waals surface area contributed by atoms with Gasteiger partial charge in [-0.2, -0.15) is 0 Å². The number of nitrogens with zero attached hydrogens (tertiary/aromatic N) is 3. The Kier molecular flexibility index (Phi) is 4.03. The van der Waals surface area contributed by atoms with Crippen molar-refractivity contribution in [2.24, 2.45) is 17.2 Å². The fourth-order valence-electron chi connectivity index (χ4n) is 3.13. The zero-order valence-corrected chi connectivity index (χ0v) is 16.2. The highest BCUT2D eigenvalue weighted by Gasteiger charge is 2.30. The number of benzene rings is 2. The van der Waals surface area contributed by atoms with Crippen LogP contribution in [0.2, 0.25) is 0 Å². The molecule has 1 aromatic heterocycles. The van der Waals surface area contributed by atoms with Gasteiger partial charge < -0.3 is 14.5 Å². The first kappa shape index (κ1) is 16.8. The zero-order valence-electron chi connectivity index (χ0n) is 14.0. The van der Waals surface area contributed by atoms with Gasteiger partial charge in [0.15, 0.2) is 0 Å². The Balaban J connectivity index is 2.00. The molecule has 4 rings (SSSR count). The fraction of sp³-hybridized carbons (Fsp3) is 0.105. The Hall–Kier alpha value is -2.68. The van der Waals surface area contributed by atoms with Gasteiger partial charge >= 0.3 is 5.97 Å². The number of halogens is 1. The van der Waals surface area contributed by atoms with Crippen LogP contribution in [0, 0.1) is 3.57 Å².